The highest BCUT2D eigenvalue weighted by molar-refractivity contribution is 8.00. The molecule has 1 unspecified atom stereocenters. The minimum absolute atomic E-state index is 0.0196. The second-order valence-electron chi connectivity index (χ2n) is 8.31. The highest BCUT2D eigenvalue weighted by Gasteiger charge is 2.22. The SMILES string of the molecule is Cc1cc(C)c(NC(=O)C(C)Sc2nnc(COc3ccccc3F)n2-c2ccccc2)c(C)c1. The molecule has 180 valence electrons. The van der Waals surface area contributed by atoms with E-state index in [0.717, 1.165) is 28.1 Å². The third kappa shape index (κ3) is 5.71. The zero-order valence-electron chi connectivity index (χ0n) is 20.1. The van der Waals surface area contributed by atoms with Gasteiger partial charge in [0.2, 0.25) is 5.91 Å². The van der Waals surface area contributed by atoms with E-state index >= 15 is 0 Å². The van der Waals surface area contributed by atoms with Crippen molar-refractivity contribution in [1.29, 1.82) is 0 Å². The van der Waals surface area contributed by atoms with Gasteiger partial charge in [0.1, 0.15) is 6.61 Å². The molecule has 4 aromatic rings. The molecule has 0 radical (unpaired) electrons. The second kappa shape index (κ2) is 10.7. The first kappa shape index (κ1) is 24.5. The Morgan fingerprint density at radius 1 is 1.03 bits per heavy atom. The fraction of sp³-hybridized carbons (Fsp3) is 0.222. The largest absolute Gasteiger partial charge is 0.483 e. The molecule has 0 fully saturated rings. The number of rotatable bonds is 8. The van der Waals surface area contributed by atoms with Gasteiger partial charge in [0.05, 0.1) is 5.25 Å². The van der Waals surface area contributed by atoms with Crippen molar-refractivity contribution in [3.05, 3.63) is 95.1 Å². The summed E-state index contributed by atoms with van der Waals surface area (Å²) in [6, 6.07) is 19.9. The number of halogens is 1. The number of nitrogens with zero attached hydrogens (tertiary/aromatic N) is 3. The number of hydrogen-bond acceptors (Lipinski definition) is 5. The van der Waals surface area contributed by atoms with Gasteiger partial charge in [-0.25, -0.2) is 4.39 Å². The highest BCUT2D eigenvalue weighted by Crippen LogP contribution is 2.29. The number of nitrogens with one attached hydrogen (secondary N) is 1. The second-order valence-corrected chi connectivity index (χ2v) is 9.62. The van der Waals surface area contributed by atoms with E-state index in [2.05, 4.69) is 15.5 Å². The zero-order valence-corrected chi connectivity index (χ0v) is 20.9. The minimum atomic E-state index is -0.445. The third-order valence-electron chi connectivity index (χ3n) is 5.48. The van der Waals surface area contributed by atoms with Crippen molar-refractivity contribution in [3.63, 3.8) is 0 Å². The molecule has 0 saturated heterocycles. The van der Waals surface area contributed by atoms with E-state index < -0.39 is 11.1 Å². The van der Waals surface area contributed by atoms with Crippen LogP contribution >= 0.6 is 11.8 Å². The lowest BCUT2D eigenvalue weighted by Crippen LogP contribution is -2.24. The average molecular weight is 491 g/mol. The van der Waals surface area contributed by atoms with Gasteiger partial charge < -0.3 is 10.1 Å². The number of ether oxygens (including phenoxy) is 1. The quantitative estimate of drug-likeness (QED) is 0.306. The molecule has 0 bridgehead atoms. The van der Waals surface area contributed by atoms with Gasteiger partial charge in [-0.15, -0.1) is 10.2 Å². The van der Waals surface area contributed by atoms with Crippen molar-refractivity contribution in [2.45, 2.75) is 44.7 Å². The Balaban J connectivity index is 1.56. The topological polar surface area (TPSA) is 69.0 Å². The number of anilines is 1. The summed E-state index contributed by atoms with van der Waals surface area (Å²) in [5.74, 6) is 0.0670. The van der Waals surface area contributed by atoms with E-state index in [1.807, 2.05) is 74.7 Å². The van der Waals surface area contributed by atoms with Crippen molar-refractivity contribution < 1.29 is 13.9 Å². The Kier molecular flexibility index (Phi) is 7.51. The summed E-state index contributed by atoms with van der Waals surface area (Å²) in [7, 11) is 0. The van der Waals surface area contributed by atoms with Crippen LogP contribution in [0.2, 0.25) is 0 Å². The predicted molar refractivity (Wildman–Crippen MR) is 137 cm³/mol. The molecule has 8 heteroatoms. The van der Waals surface area contributed by atoms with Gasteiger partial charge in [-0.05, 0) is 63.1 Å². The van der Waals surface area contributed by atoms with Crippen LogP contribution in [-0.2, 0) is 11.4 Å². The van der Waals surface area contributed by atoms with Crippen LogP contribution in [0.5, 0.6) is 5.75 Å². The lowest BCUT2D eigenvalue weighted by atomic mass is 10.1. The summed E-state index contributed by atoms with van der Waals surface area (Å²) in [6.45, 7) is 7.86. The molecule has 4 rings (SSSR count). The zero-order chi connectivity index (χ0) is 24.9. The van der Waals surface area contributed by atoms with E-state index in [0.29, 0.717) is 11.0 Å². The van der Waals surface area contributed by atoms with E-state index in [4.69, 9.17) is 4.74 Å². The van der Waals surface area contributed by atoms with Crippen LogP contribution in [-0.4, -0.2) is 25.9 Å². The molecule has 0 spiro atoms. The molecule has 1 N–H and O–H groups in total. The average Bonchev–Trinajstić information content (AvgIpc) is 3.23. The number of hydrogen-bond donors (Lipinski definition) is 1. The minimum Gasteiger partial charge on any atom is -0.483 e. The van der Waals surface area contributed by atoms with Crippen LogP contribution in [0.1, 0.15) is 29.4 Å². The molecule has 1 atom stereocenters. The van der Waals surface area contributed by atoms with Crippen molar-refractivity contribution in [1.82, 2.24) is 14.8 Å². The first-order chi connectivity index (χ1) is 16.8. The van der Waals surface area contributed by atoms with Crippen molar-refractivity contribution in [3.8, 4) is 11.4 Å². The van der Waals surface area contributed by atoms with Gasteiger partial charge in [-0.2, -0.15) is 0 Å². The Hall–Kier alpha value is -3.65. The molecule has 0 aliphatic heterocycles. The number of thioether (sulfide) groups is 1. The summed E-state index contributed by atoms with van der Waals surface area (Å²) >= 11 is 1.30. The number of aromatic nitrogens is 3. The van der Waals surface area contributed by atoms with E-state index in [1.54, 1.807) is 18.2 Å². The number of amides is 1. The van der Waals surface area contributed by atoms with Crippen LogP contribution < -0.4 is 10.1 Å². The molecule has 3 aromatic carbocycles. The van der Waals surface area contributed by atoms with Crippen molar-refractivity contribution in [2.75, 3.05) is 5.32 Å². The fourth-order valence-electron chi connectivity index (χ4n) is 3.82. The van der Waals surface area contributed by atoms with E-state index in [9.17, 15) is 9.18 Å². The standard InChI is InChI=1S/C27H27FN4O2S/c1-17-14-18(2)25(19(3)15-17)29-26(33)20(4)35-27-31-30-24(32(27)21-10-6-5-7-11-21)16-34-23-13-9-8-12-22(23)28/h5-15,20H,16H2,1-4H3,(H,29,33). The summed E-state index contributed by atoms with van der Waals surface area (Å²) < 4.78 is 21.5. The van der Waals surface area contributed by atoms with Gasteiger partial charge >= 0.3 is 0 Å². The lowest BCUT2D eigenvalue weighted by Gasteiger charge is -2.17. The molecule has 1 heterocycles. The van der Waals surface area contributed by atoms with Crippen LogP contribution in [0.3, 0.4) is 0 Å². The summed E-state index contributed by atoms with van der Waals surface area (Å²) in [5.41, 5.74) is 4.85. The molecule has 0 aliphatic carbocycles. The summed E-state index contributed by atoms with van der Waals surface area (Å²) in [5, 5.41) is 11.8. The molecule has 35 heavy (non-hydrogen) atoms. The normalized spacial score (nSPS) is 11.8. The Morgan fingerprint density at radius 3 is 2.37 bits per heavy atom. The van der Waals surface area contributed by atoms with Gasteiger partial charge in [0.25, 0.3) is 0 Å². The first-order valence-corrected chi connectivity index (χ1v) is 12.1. The Bertz CT molecular complexity index is 1320. The summed E-state index contributed by atoms with van der Waals surface area (Å²) in [4.78, 5) is 13.1. The van der Waals surface area contributed by atoms with Gasteiger partial charge in [0.15, 0.2) is 22.5 Å². The molecule has 1 aromatic heterocycles. The van der Waals surface area contributed by atoms with E-state index in [1.165, 1.54) is 17.8 Å². The lowest BCUT2D eigenvalue weighted by molar-refractivity contribution is -0.115. The smallest absolute Gasteiger partial charge is 0.237 e. The monoisotopic (exact) mass is 490 g/mol. The molecular formula is C27H27FN4O2S. The Labute approximate surface area is 208 Å². The maximum atomic E-state index is 14.0. The first-order valence-electron chi connectivity index (χ1n) is 11.3. The van der Waals surface area contributed by atoms with Gasteiger partial charge in [-0.1, -0.05) is 59.8 Å². The van der Waals surface area contributed by atoms with Crippen LogP contribution in [0.25, 0.3) is 5.69 Å². The van der Waals surface area contributed by atoms with Crippen LogP contribution in [0.15, 0.2) is 71.9 Å². The fourth-order valence-corrected chi connectivity index (χ4v) is 4.71. The number of benzene rings is 3. The molecule has 0 aliphatic rings. The Morgan fingerprint density at radius 2 is 1.69 bits per heavy atom. The summed E-state index contributed by atoms with van der Waals surface area (Å²) in [6.07, 6.45) is 0. The molecule has 1 amide bonds. The molecule has 0 saturated carbocycles. The van der Waals surface area contributed by atoms with Crippen molar-refractivity contribution in [2.24, 2.45) is 0 Å². The maximum Gasteiger partial charge on any atom is 0.237 e. The van der Waals surface area contributed by atoms with E-state index in [-0.39, 0.29) is 18.3 Å². The maximum absolute atomic E-state index is 14.0. The molecule has 6 nitrogen and oxygen atoms in total. The number of aryl methyl sites for hydroxylation is 3. The third-order valence-corrected chi connectivity index (χ3v) is 6.53. The number of para-hydroxylation sites is 2. The van der Waals surface area contributed by atoms with Crippen molar-refractivity contribution >= 4 is 23.4 Å². The number of carbonyl (C=O) groups is 1. The highest BCUT2D eigenvalue weighted by atomic mass is 32.2. The van der Waals surface area contributed by atoms with Crippen LogP contribution in [0.4, 0.5) is 10.1 Å². The van der Waals surface area contributed by atoms with Gasteiger partial charge in [-0.3, -0.25) is 9.36 Å². The molecular weight excluding hydrogens is 463 g/mol. The van der Waals surface area contributed by atoms with Gasteiger partial charge in [0, 0.05) is 11.4 Å². The number of carbonyl (C=O) groups excluding carboxylic acids is 1. The predicted octanol–water partition coefficient (Wildman–Crippen LogP) is 6.03. The van der Waals surface area contributed by atoms with Crippen LogP contribution in [0, 0.1) is 26.6 Å².